The van der Waals surface area contributed by atoms with Gasteiger partial charge >= 0.3 is 5.97 Å². The van der Waals surface area contributed by atoms with Gasteiger partial charge in [0, 0.05) is 10.0 Å². The van der Waals surface area contributed by atoms with Gasteiger partial charge in [0.1, 0.15) is 5.75 Å². The lowest BCUT2D eigenvalue weighted by Gasteiger charge is -2.30. The summed E-state index contributed by atoms with van der Waals surface area (Å²) in [6.45, 7) is 6.39. The van der Waals surface area contributed by atoms with Gasteiger partial charge in [-0.2, -0.15) is 0 Å². The Bertz CT molecular complexity index is 536. The van der Waals surface area contributed by atoms with E-state index in [-0.39, 0.29) is 11.9 Å². The van der Waals surface area contributed by atoms with E-state index in [1.165, 1.54) is 18.4 Å². The third-order valence-corrected chi connectivity index (χ3v) is 5.86. The maximum Gasteiger partial charge on any atom is 0.308 e. The molecule has 1 atom stereocenters. The van der Waals surface area contributed by atoms with Gasteiger partial charge in [-0.1, -0.05) is 28.9 Å². The number of rotatable bonds is 7. The lowest BCUT2D eigenvalue weighted by atomic mass is 9.83. The molecule has 1 aliphatic rings. The van der Waals surface area contributed by atoms with E-state index in [0.717, 1.165) is 35.9 Å². The van der Waals surface area contributed by atoms with E-state index >= 15 is 0 Å². The molecule has 0 heterocycles. The number of halogens is 1. The highest BCUT2D eigenvalue weighted by Crippen LogP contribution is 2.33. The van der Waals surface area contributed by atoms with Crippen LogP contribution in [0.1, 0.15) is 57.9 Å². The average molecular weight is 397 g/mol. The number of carbonyl (C=O) groups is 1. The van der Waals surface area contributed by atoms with Crippen molar-refractivity contribution in [2.24, 2.45) is 11.8 Å². The zero-order valence-electron chi connectivity index (χ0n) is 15.0. The molecular formula is C20H29BrO3. The van der Waals surface area contributed by atoms with Gasteiger partial charge in [-0.05, 0) is 70.4 Å². The van der Waals surface area contributed by atoms with Gasteiger partial charge in [0.2, 0.25) is 0 Å². The van der Waals surface area contributed by atoms with Crippen molar-refractivity contribution in [2.45, 2.75) is 65.4 Å². The average Bonchev–Trinajstić information content (AvgIpc) is 2.58. The fraction of sp³-hybridized carbons (Fsp3) is 0.650. The van der Waals surface area contributed by atoms with E-state index < -0.39 is 0 Å². The Hall–Kier alpha value is -1.03. The fourth-order valence-corrected chi connectivity index (χ4v) is 3.67. The first-order chi connectivity index (χ1) is 11.5. The summed E-state index contributed by atoms with van der Waals surface area (Å²) in [7, 11) is 0. The first-order valence-electron chi connectivity index (χ1n) is 9.09. The first-order valence-corrected chi connectivity index (χ1v) is 9.89. The van der Waals surface area contributed by atoms with E-state index in [9.17, 15) is 4.79 Å². The minimum absolute atomic E-state index is 0.0169. The van der Waals surface area contributed by atoms with Crippen LogP contribution >= 0.6 is 15.9 Å². The van der Waals surface area contributed by atoms with Crippen LogP contribution in [0.15, 0.2) is 22.7 Å². The molecule has 0 amide bonds. The summed E-state index contributed by atoms with van der Waals surface area (Å²) in [4.78, 5) is 11.7. The highest BCUT2D eigenvalue weighted by atomic mass is 79.9. The molecule has 1 fully saturated rings. The SMILES string of the molecule is CCOC(=O)C(C)CC[C@H]1CC[C@H](Oc2cccc(Br)c2C)CC1. The number of carbonyl (C=O) groups excluding carboxylic acids is 1. The molecule has 1 aromatic rings. The van der Waals surface area contributed by atoms with E-state index in [1.54, 1.807) is 0 Å². The third-order valence-electron chi connectivity index (χ3n) is 5.00. The molecule has 1 saturated carbocycles. The molecule has 134 valence electrons. The maximum atomic E-state index is 11.7. The van der Waals surface area contributed by atoms with Gasteiger partial charge in [0.25, 0.3) is 0 Å². The quantitative estimate of drug-likeness (QED) is 0.556. The van der Waals surface area contributed by atoms with E-state index in [0.29, 0.717) is 18.6 Å². The van der Waals surface area contributed by atoms with Crippen molar-refractivity contribution in [3.8, 4) is 5.75 Å². The highest BCUT2D eigenvalue weighted by Gasteiger charge is 2.24. The van der Waals surface area contributed by atoms with Gasteiger partial charge in [-0.15, -0.1) is 0 Å². The van der Waals surface area contributed by atoms with Crippen molar-refractivity contribution in [1.82, 2.24) is 0 Å². The summed E-state index contributed by atoms with van der Waals surface area (Å²) in [5.41, 5.74) is 1.17. The van der Waals surface area contributed by atoms with Crippen molar-refractivity contribution in [1.29, 1.82) is 0 Å². The summed E-state index contributed by atoms with van der Waals surface area (Å²) in [5, 5.41) is 0. The molecule has 4 heteroatoms. The van der Waals surface area contributed by atoms with Crippen LogP contribution in [0.2, 0.25) is 0 Å². The van der Waals surface area contributed by atoms with Gasteiger partial charge < -0.3 is 9.47 Å². The molecule has 1 aromatic carbocycles. The van der Waals surface area contributed by atoms with Gasteiger partial charge in [0.15, 0.2) is 0 Å². The highest BCUT2D eigenvalue weighted by molar-refractivity contribution is 9.10. The van der Waals surface area contributed by atoms with Gasteiger partial charge in [0.05, 0.1) is 18.6 Å². The predicted molar refractivity (Wildman–Crippen MR) is 100 cm³/mol. The maximum absolute atomic E-state index is 11.7. The third kappa shape index (κ3) is 5.51. The second-order valence-corrected chi connectivity index (χ2v) is 7.71. The van der Waals surface area contributed by atoms with Crippen molar-refractivity contribution in [2.75, 3.05) is 6.61 Å². The van der Waals surface area contributed by atoms with Crippen LogP contribution < -0.4 is 4.74 Å². The smallest absolute Gasteiger partial charge is 0.308 e. The summed E-state index contributed by atoms with van der Waals surface area (Å²) < 4.78 is 12.4. The monoisotopic (exact) mass is 396 g/mol. The Labute approximate surface area is 154 Å². The zero-order valence-corrected chi connectivity index (χ0v) is 16.6. The van der Waals surface area contributed by atoms with Gasteiger partial charge in [-0.3, -0.25) is 4.79 Å². The molecule has 0 N–H and O–H groups in total. The zero-order chi connectivity index (χ0) is 17.5. The Kier molecular flexibility index (Phi) is 7.60. The standard InChI is InChI=1S/C20H29BrO3/c1-4-23-20(22)14(2)8-9-16-10-12-17(13-11-16)24-19-7-5-6-18(21)15(19)3/h5-7,14,16-17H,4,8-13H2,1-3H3/t14?,16-,17-. The molecule has 3 nitrogen and oxygen atoms in total. The predicted octanol–water partition coefficient (Wildman–Crippen LogP) is 5.67. The largest absolute Gasteiger partial charge is 0.490 e. The molecule has 0 bridgehead atoms. The summed E-state index contributed by atoms with van der Waals surface area (Å²) in [5.74, 6) is 1.66. The number of ether oxygens (including phenoxy) is 2. The van der Waals surface area contributed by atoms with Crippen LogP contribution in [-0.4, -0.2) is 18.7 Å². The van der Waals surface area contributed by atoms with Gasteiger partial charge in [-0.25, -0.2) is 0 Å². The second kappa shape index (κ2) is 9.45. The molecule has 0 aromatic heterocycles. The van der Waals surface area contributed by atoms with E-state index in [1.807, 2.05) is 32.0 Å². The molecule has 0 spiro atoms. The van der Waals surface area contributed by atoms with Crippen LogP contribution in [-0.2, 0) is 9.53 Å². The van der Waals surface area contributed by atoms with E-state index in [2.05, 4.69) is 22.9 Å². The molecule has 0 radical (unpaired) electrons. The Morgan fingerprint density at radius 2 is 2.00 bits per heavy atom. The Morgan fingerprint density at radius 3 is 2.67 bits per heavy atom. The van der Waals surface area contributed by atoms with Crippen LogP contribution in [0.3, 0.4) is 0 Å². The number of benzene rings is 1. The molecule has 2 rings (SSSR count). The topological polar surface area (TPSA) is 35.5 Å². The minimum atomic E-state index is -0.0559. The second-order valence-electron chi connectivity index (χ2n) is 6.85. The molecule has 1 aliphatic carbocycles. The number of hydrogen-bond acceptors (Lipinski definition) is 3. The number of esters is 1. The summed E-state index contributed by atoms with van der Waals surface area (Å²) >= 11 is 3.56. The summed E-state index contributed by atoms with van der Waals surface area (Å²) in [6, 6.07) is 6.12. The van der Waals surface area contributed by atoms with Crippen LogP contribution in [0, 0.1) is 18.8 Å². The molecular weight excluding hydrogens is 368 g/mol. The van der Waals surface area contributed by atoms with Crippen molar-refractivity contribution < 1.29 is 14.3 Å². The lowest BCUT2D eigenvalue weighted by molar-refractivity contribution is -0.147. The molecule has 24 heavy (non-hydrogen) atoms. The fourth-order valence-electron chi connectivity index (χ4n) is 3.32. The molecule has 1 unspecified atom stereocenters. The first kappa shape index (κ1) is 19.3. The molecule has 0 saturated heterocycles. The van der Waals surface area contributed by atoms with Crippen LogP contribution in [0.5, 0.6) is 5.75 Å². The van der Waals surface area contributed by atoms with Crippen molar-refractivity contribution in [3.63, 3.8) is 0 Å². The molecule has 0 aliphatic heterocycles. The van der Waals surface area contributed by atoms with Crippen LogP contribution in [0.4, 0.5) is 0 Å². The Morgan fingerprint density at radius 1 is 1.29 bits per heavy atom. The summed E-state index contributed by atoms with van der Waals surface area (Å²) in [6.07, 6.45) is 6.94. The number of hydrogen-bond donors (Lipinski definition) is 0. The minimum Gasteiger partial charge on any atom is -0.490 e. The normalized spacial score (nSPS) is 22.0. The van der Waals surface area contributed by atoms with E-state index in [4.69, 9.17) is 9.47 Å². The van der Waals surface area contributed by atoms with Crippen molar-refractivity contribution in [3.05, 3.63) is 28.2 Å². The van der Waals surface area contributed by atoms with Crippen LogP contribution in [0.25, 0.3) is 0 Å². The lowest BCUT2D eigenvalue weighted by Crippen LogP contribution is -2.25. The van der Waals surface area contributed by atoms with Crippen molar-refractivity contribution >= 4 is 21.9 Å². The Balaban J connectivity index is 1.73.